The average molecular weight is 1300 g/mol. The molecule has 0 aromatic rings. The number of aliphatic hydroxyl groups is 24. The lowest BCUT2D eigenvalue weighted by atomic mass is 9.94. The molecule has 0 amide bonds. The Morgan fingerprint density at radius 3 is 0.307 bits per heavy atom. The Kier molecular flexibility index (Phi) is 24.1. The van der Waals surface area contributed by atoms with Crippen molar-refractivity contribution in [3.05, 3.63) is 0 Å². The van der Waals surface area contributed by atoms with Crippen molar-refractivity contribution in [1.29, 1.82) is 0 Å². The van der Waals surface area contributed by atoms with E-state index in [1.54, 1.807) is 0 Å². The van der Waals surface area contributed by atoms with Crippen LogP contribution in [0, 0.1) is 0 Å². The van der Waals surface area contributed by atoms with Gasteiger partial charge >= 0.3 is 0 Å². The van der Waals surface area contributed by atoms with Crippen molar-refractivity contribution in [2.24, 2.45) is 0 Å². The summed E-state index contributed by atoms with van der Waals surface area (Å²) in [4.78, 5) is 0. The molecule has 30 heterocycles. The molecule has 0 aromatic heterocycles. The van der Waals surface area contributed by atoms with Gasteiger partial charge in [0.2, 0.25) is 0 Å². The topological polar surface area (TPSA) is 633 Å². The van der Waals surface area contributed by atoms with Crippen LogP contribution < -0.4 is 0 Å². The highest BCUT2D eigenvalue weighted by Crippen LogP contribution is 2.40. The lowest BCUT2D eigenvalue weighted by Gasteiger charge is -2.50. The second-order valence-electron chi connectivity index (χ2n) is 22.5. The van der Waals surface area contributed by atoms with E-state index in [1.807, 2.05) is 0 Å². The highest BCUT2D eigenvalue weighted by molar-refractivity contribution is 5.02. The van der Waals surface area contributed by atoms with Crippen molar-refractivity contribution in [2.75, 3.05) is 52.9 Å². The van der Waals surface area contributed by atoms with Gasteiger partial charge in [-0.05, 0) is 0 Å². The van der Waals surface area contributed by atoms with Crippen molar-refractivity contribution in [3.8, 4) is 0 Å². The van der Waals surface area contributed by atoms with Gasteiger partial charge in [-0.2, -0.15) is 0 Å². The minimum Gasteiger partial charge on any atom is -0.394 e. The third-order valence-corrected chi connectivity index (χ3v) is 16.9. The zero-order valence-corrected chi connectivity index (χ0v) is 46.0. The molecule has 30 aliphatic heterocycles. The Hall–Kier alpha value is -1.60. The maximum atomic E-state index is 11.4. The Balaban J connectivity index is 0.975. The molecule has 512 valence electrons. The summed E-state index contributed by atoms with van der Waals surface area (Å²) in [5.41, 5.74) is 0. The molecular formula is C48H80O40. The minimum atomic E-state index is -2.25. The quantitative estimate of drug-likeness (QED) is 0.107. The van der Waals surface area contributed by atoms with E-state index in [2.05, 4.69) is 0 Å². The summed E-state index contributed by atoms with van der Waals surface area (Å²) < 4.78 is 91.1. The van der Waals surface area contributed by atoms with E-state index < -0.39 is 299 Å². The van der Waals surface area contributed by atoms with E-state index >= 15 is 0 Å². The van der Waals surface area contributed by atoms with Crippen LogP contribution in [0.5, 0.6) is 0 Å². The van der Waals surface area contributed by atoms with Gasteiger partial charge in [0, 0.05) is 0 Å². The first kappa shape index (κ1) is 70.7. The van der Waals surface area contributed by atoms with E-state index in [4.69, 9.17) is 75.8 Å². The second-order valence-corrected chi connectivity index (χ2v) is 22.5. The highest BCUT2D eigenvalue weighted by atomic mass is 16.8. The van der Waals surface area contributed by atoms with Crippen LogP contribution >= 0.6 is 0 Å². The van der Waals surface area contributed by atoms with Gasteiger partial charge in [-0.3, -0.25) is 0 Å². The van der Waals surface area contributed by atoms with Crippen LogP contribution in [0.25, 0.3) is 0 Å². The average Bonchev–Trinajstić information content (AvgIpc) is 0.951. The van der Waals surface area contributed by atoms with E-state index in [0.29, 0.717) is 0 Å². The molecule has 88 heavy (non-hydrogen) atoms. The predicted octanol–water partition coefficient (Wildman–Crippen LogP) is -17.4. The van der Waals surface area contributed by atoms with Gasteiger partial charge in [-0.15, -0.1) is 0 Å². The number of ether oxygens (including phenoxy) is 16. The Labute approximate surface area is 496 Å². The van der Waals surface area contributed by atoms with Crippen LogP contribution in [0.2, 0.25) is 0 Å². The van der Waals surface area contributed by atoms with E-state index in [1.165, 1.54) is 0 Å². The summed E-state index contributed by atoms with van der Waals surface area (Å²) in [6, 6.07) is 0. The third kappa shape index (κ3) is 13.8. The fourth-order valence-corrected chi connectivity index (χ4v) is 11.9. The molecule has 40 heteroatoms. The molecule has 16 bridgehead atoms. The molecule has 0 aromatic carbocycles. The predicted molar refractivity (Wildman–Crippen MR) is 261 cm³/mol. The standard InChI is InChI=1S/C48H80O40/c49-1-9-33-17(57)25(65)41(73-9)82-34-10(2-50)75-43(27(67)19(34)59)84-36-12(4-52)77-45(29(69)21(36)61)86-38-14(6-54)79-47(31(71)23(38)63)88-40-16(8-56)80-48(32(72)24(40)64)87-39-15(7-55)78-46(30(70)22(39)62)85-37-13(5-53)76-44(28(68)20(37)60)83-35-11(3-51)74-42(81-33)26(66)18(35)58/h9-72H,1-8H2/t9-,10-,11-,12-,13-,14-,15-,16-,17-,18-,19-,20-,21-,22-,23-,24-,25-,26?,27?,28-,29-,30?,31?,32-,33?,34-,35-,36?,37?,38-,39-,40?,41?,42?,43?,44?,45?,46?,47?,48?/m1/s1. The van der Waals surface area contributed by atoms with Gasteiger partial charge in [0.05, 0.1) is 52.9 Å². The maximum absolute atomic E-state index is 11.4. The molecule has 0 spiro atoms. The van der Waals surface area contributed by atoms with Gasteiger partial charge in [0.1, 0.15) is 195 Å². The van der Waals surface area contributed by atoms with E-state index in [9.17, 15) is 123 Å². The fraction of sp³-hybridized carbons (Fsp3) is 1.00. The number of hydrogen-bond donors (Lipinski definition) is 24. The van der Waals surface area contributed by atoms with Gasteiger partial charge in [0.15, 0.2) is 50.3 Å². The summed E-state index contributed by atoms with van der Waals surface area (Å²) in [5, 5.41) is 265. The Bertz CT molecular complexity index is 1700. The molecule has 0 saturated carbocycles. The fourth-order valence-electron chi connectivity index (χ4n) is 11.9. The second kappa shape index (κ2) is 30.0. The van der Waals surface area contributed by atoms with Crippen LogP contribution in [-0.4, -0.2) is 421 Å². The summed E-state index contributed by atoms with van der Waals surface area (Å²) >= 11 is 0. The molecule has 30 saturated heterocycles. The van der Waals surface area contributed by atoms with Crippen molar-refractivity contribution < 1.29 is 198 Å². The van der Waals surface area contributed by atoms with Crippen LogP contribution in [0.3, 0.4) is 0 Å². The zero-order valence-electron chi connectivity index (χ0n) is 46.0. The Morgan fingerprint density at radius 1 is 0.136 bits per heavy atom. The third-order valence-electron chi connectivity index (χ3n) is 16.9. The lowest BCUT2D eigenvalue weighted by Crippen LogP contribution is -2.69. The molecule has 0 radical (unpaired) electrons. The summed E-state index contributed by atoms with van der Waals surface area (Å²) in [6.07, 6.45) is -82.0. The highest BCUT2D eigenvalue weighted by Gasteiger charge is 2.60. The number of hydrogen-bond acceptors (Lipinski definition) is 40. The Morgan fingerprint density at radius 2 is 0.227 bits per heavy atom. The summed E-state index contributed by atoms with van der Waals surface area (Å²) in [5.74, 6) is 0. The largest absolute Gasteiger partial charge is 0.394 e. The monoisotopic (exact) mass is 1300 g/mol. The first-order chi connectivity index (χ1) is 41.9. The van der Waals surface area contributed by atoms with E-state index in [0.717, 1.165) is 0 Å². The van der Waals surface area contributed by atoms with Gasteiger partial charge in [-0.25, -0.2) is 0 Å². The first-order valence-electron chi connectivity index (χ1n) is 28.1. The molecule has 30 aliphatic rings. The minimum absolute atomic E-state index is 1.08. The molecule has 30 rings (SSSR count). The van der Waals surface area contributed by atoms with Crippen LogP contribution in [0.15, 0.2) is 0 Å². The molecule has 40 nitrogen and oxygen atoms in total. The van der Waals surface area contributed by atoms with Crippen LogP contribution in [-0.2, 0) is 75.8 Å². The molecule has 16 unspecified atom stereocenters. The zero-order chi connectivity index (χ0) is 64.1. The summed E-state index contributed by atoms with van der Waals surface area (Å²) in [7, 11) is 0. The maximum Gasteiger partial charge on any atom is 0.187 e. The van der Waals surface area contributed by atoms with Crippen LogP contribution in [0.1, 0.15) is 0 Å². The van der Waals surface area contributed by atoms with Crippen molar-refractivity contribution in [3.63, 3.8) is 0 Å². The smallest absolute Gasteiger partial charge is 0.187 e. The van der Waals surface area contributed by atoms with Crippen molar-refractivity contribution >= 4 is 0 Å². The number of aliphatic hydroxyl groups excluding tert-OH is 24. The molecule has 24 N–H and O–H groups in total. The van der Waals surface area contributed by atoms with Gasteiger partial charge in [-0.1, -0.05) is 0 Å². The lowest BCUT2D eigenvalue weighted by molar-refractivity contribution is -0.404. The van der Waals surface area contributed by atoms with E-state index in [-0.39, 0.29) is 0 Å². The molecule has 40 atom stereocenters. The van der Waals surface area contributed by atoms with Gasteiger partial charge in [0.25, 0.3) is 0 Å². The normalized spacial score (nSPS) is 55.4. The molecule has 0 aliphatic carbocycles. The van der Waals surface area contributed by atoms with Crippen molar-refractivity contribution in [1.82, 2.24) is 0 Å². The SMILES string of the molecule is OC[C@H]1OC2O[C@H]3[C@H](O)C(O)C(OC4[C@@H](CO)OC(O[C@H]5[C@H](O)C(O)C(OC6[C@@H](CO)OC(O[C@H]7[C@H](O)C(O)C(OC8[C@@H](CO)OC(O[C@H]9[C@H](O)C(O)C(OC1[C@H](O)[C@H]2O)O[C@@H]9CO)[C@H](O)[C@H]8O)O[C@@H]7CO)[C@H](O)[C@H]6O)O[C@@H]5CO)[C@H](O)[C@H]4O)O[C@@H]3CO. The van der Waals surface area contributed by atoms with Crippen LogP contribution in [0.4, 0.5) is 0 Å². The molecule has 30 fully saturated rings. The number of rotatable bonds is 8. The summed E-state index contributed by atoms with van der Waals surface area (Å²) in [6.45, 7) is -8.64. The van der Waals surface area contributed by atoms with Gasteiger partial charge < -0.3 is 198 Å². The van der Waals surface area contributed by atoms with Crippen molar-refractivity contribution in [2.45, 2.75) is 246 Å². The molecular weight excluding hydrogens is 1220 g/mol. The first-order valence-corrected chi connectivity index (χ1v) is 28.1.